The molecule has 37 heavy (non-hydrogen) atoms. The summed E-state index contributed by atoms with van der Waals surface area (Å²) < 4.78 is 81.3. The third kappa shape index (κ3) is 4.14. The molecule has 3 N–H and O–H groups in total. The zero-order chi connectivity index (χ0) is 27.4. The van der Waals surface area contributed by atoms with Gasteiger partial charge in [-0.15, -0.1) is 0 Å². The second-order valence-corrected chi connectivity index (χ2v) is 13.6. The van der Waals surface area contributed by atoms with Gasteiger partial charge in [0.25, 0.3) is 5.91 Å². The number of carbonyl (C=O) groups excluding carboxylic acids is 1. The number of pyridine rings is 1. The second-order valence-electron chi connectivity index (χ2n) is 9.06. The number of nitrogens with zero attached hydrogens (tertiary/aromatic N) is 3. The lowest BCUT2D eigenvalue weighted by molar-refractivity contribution is 0.102. The number of carbonyl (C=O) groups is 1. The van der Waals surface area contributed by atoms with Crippen LogP contribution < -0.4 is 10.6 Å². The van der Waals surface area contributed by atoms with Crippen LogP contribution in [0.3, 0.4) is 0 Å². The maximum atomic E-state index is 15.4. The van der Waals surface area contributed by atoms with E-state index in [0.717, 1.165) is 26.9 Å². The van der Waals surface area contributed by atoms with Crippen molar-refractivity contribution in [3.05, 3.63) is 59.4 Å². The van der Waals surface area contributed by atoms with Gasteiger partial charge in [-0.2, -0.15) is 0 Å². The Morgan fingerprint density at radius 3 is 2.59 bits per heavy atom. The summed E-state index contributed by atoms with van der Waals surface area (Å²) in [6.07, 6.45) is 0.704. The lowest BCUT2D eigenvalue weighted by Gasteiger charge is -2.52. The van der Waals surface area contributed by atoms with E-state index >= 15 is 4.39 Å². The highest BCUT2D eigenvalue weighted by atomic mass is 32.2. The van der Waals surface area contributed by atoms with Crippen molar-refractivity contribution in [3.63, 3.8) is 0 Å². The fourth-order valence-corrected chi connectivity index (χ4v) is 8.25. The monoisotopic (exact) mass is 556 g/mol. The molecule has 2 aromatic rings. The van der Waals surface area contributed by atoms with Crippen LogP contribution in [-0.4, -0.2) is 72.9 Å². The normalized spacial score (nSPS) is 25.8. The number of benzene rings is 1. The van der Waals surface area contributed by atoms with Crippen molar-refractivity contribution < 1.29 is 30.4 Å². The number of guanidine groups is 1. The molecule has 15 heteroatoms. The summed E-state index contributed by atoms with van der Waals surface area (Å²) in [5.41, 5.74) is -2.00. The van der Waals surface area contributed by atoms with Crippen molar-refractivity contribution in [2.75, 3.05) is 31.2 Å². The average Bonchev–Trinajstić information content (AvgIpc) is 3.33. The molecular weight excluding hydrogens is 530 g/mol. The zero-order valence-electron chi connectivity index (χ0n) is 20.2. The van der Waals surface area contributed by atoms with Gasteiger partial charge in [-0.1, -0.05) is 0 Å². The van der Waals surface area contributed by atoms with E-state index in [2.05, 4.69) is 15.6 Å². The van der Waals surface area contributed by atoms with Crippen molar-refractivity contribution in [2.24, 2.45) is 0 Å². The molecule has 0 unspecified atom stereocenters. The molecule has 200 valence electrons. The van der Waals surface area contributed by atoms with Crippen LogP contribution in [0.2, 0.25) is 0 Å². The Morgan fingerprint density at radius 2 is 1.97 bits per heavy atom. The van der Waals surface area contributed by atoms with Gasteiger partial charge in [-0.3, -0.25) is 10.2 Å². The number of anilines is 1. The molecular formula is C22H26F2N6O5S2. The number of aromatic nitrogens is 1. The summed E-state index contributed by atoms with van der Waals surface area (Å²) in [6.45, 7) is 2.28. The Hall–Kier alpha value is -3.17. The molecule has 2 aliphatic heterocycles. The molecule has 1 spiro atoms. The Bertz CT molecular complexity index is 1490. The summed E-state index contributed by atoms with van der Waals surface area (Å²) in [5, 5.41) is 13.6. The maximum absolute atomic E-state index is 15.4. The first-order valence-corrected chi connectivity index (χ1v) is 14.3. The van der Waals surface area contributed by atoms with Gasteiger partial charge in [0.15, 0.2) is 0 Å². The van der Waals surface area contributed by atoms with Crippen LogP contribution in [-0.2, 0) is 25.6 Å². The first-order valence-electron chi connectivity index (χ1n) is 11.2. The summed E-state index contributed by atoms with van der Waals surface area (Å²) >= 11 is 0. The van der Waals surface area contributed by atoms with Crippen LogP contribution in [0, 0.1) is 17.0 Å². The van der Waals surface area contributed by atoms with Crippen LogP contribution >= 0.6 is 0 Å². The van der Waals surface area contributed by atoms with Crippen LogP contribution in [0.4, 0.5) is 14.5 Å². The highest BCUT2D eigenvalue weighted by Gasteiger charge is 2.67. The lowest BCUT2D eigenvalue weighted by Crippen LogP contribution is -2.74. The van der Waals surface area contributed by atoms with Gasteiger partial charge in [0.1, 0.15) is 22.1 Å². The van der Waals surface area contributed by atoms with Gasteiger partial charge in [0.2, 0.25) is 26.0 Å². The summed E-state index contributed by atoms with van der Waals surface area (Å²) in [6, 6.07) is 5.74. The zero-order valence-corrected chi connectivity index (χ0v) is 21.9. The molecule has 0 aliphatic carbocycles. The predicted molar refractivity (Wildman–Crippen MR) is 132 cm³/mol. The van der Waals surface area contributed by atoms with Crippen LogP contribution in [0.25, 0.3) is 0 Å². The quantitative estimate of drug-likeness (QED) is 0.504. The van der Waals surface area contributed by atoms with Gasteiger partial charge in [0, 0.05) is 31.4 Å². The molecule has 2 fully saturated rings. The van der Waals surface area contributed by atoms with Crippen LogP contribution in [0.5, 0.6) is 0 Å². The van der Waals surface area contributed by atoms with Crippen molar-refractivity contribution >= 4 is 37.6 Å². The van der Waals surface area contributed by atoms with Gasteiger partial charge in [-0.05, 0) is 50.6 Å². The smallest absolute Gasteiger partial charge is 0.274 e. The minimum absolute atomic E-state index is 0.0876. The molecule has 0 saturated carbocycles. The highest BCUT2D eigenvalue weighted by molar-refractivity contribution is 7.91. The van der Waals surface area contributed by atoms with E-state index in [1.807, 2.05) is 0 Å². The van der Waals surface area contributed by atoms with Crippen molar-refractivity contribution in [1.82, 2.24) is 18.9 Å². The largest absolute Gasteiger partial charge is 0.345 e. The molecule has 11 nitrogen and oxygen atoms in total. The molecule has 4 rings (SSSR count). The molecule has 1 aromatic carbocycles. The molecule has 1 amide bonds. The number of hydrogen-bond acceptors (Lipinski definition) is 7. The fraction of sp³-hybridized carbons (Fsp3) is 0.409. The number of nitrogens with one attached hydrogen (secondary N) is 3. The Kier molecular flexibility index (Phi) is 6.53. The van der Waals surface area contributed by atoms with Crippen molar-refractivity contribution in [3.8, 4) is 0 Å². The van der Waals surface area contributed by atoms with Crippen molar-refractivity contribution in [2.45, 2.75) is 30.6 Å². The summed E-state index contributed by atoms with van der Waals surface area (Å²) in [7, 11) is -6.96. The molecule has 1 aromatic heterocycles. The Morgan fingerprint density at radius 1 is 1.27 bits per heavy atom. The Labute approximate surface area is 213 Å². The van der Waals surface area contributed by atoms with Gasteiger partial charge in [0.05, 0.1) is 17.5 Å². The van der Waals surface area contributed by atoms with E-state index in [4.69, 9.17) is 5.41 Å². The van der Waals surface area contributed by atoms with Crippen molar-refractivity contribution in [1.29, 1.82) is 5.41 Å². The van der Waals surface area contributed by atoms with Gasteiger partial charge in [-0.25, -0.2) is 39.2 Å². The number of rotatable bonds is 5. The number of hydrogen-bond donors (Lipinski definition) is 3. The Balaban J connectivity index is 1.82. The van der Waals surface area contributed by atoms with E-state index in [0.29, 0.717) is 0 Å². The fourth-order valence-electron chi connectivity index (χ4n) is 4.86. The first-order chi connectivity index (χ1) is 17.2. The summed E-state index contributed by atoms with van der Waals surface area (Å²) in [4.78, 5) is 16.3. The molecule has 2 atom stereocenters. The SMILES string of the molecule is CCS(=O)(=O)N1CC[C@]2(C1)[C@@](C)(c1cc(NC(=O)c3ccc(F)cn3)ccc1F)NC(=N)N(C)S2(=O)=O. The van der Waals surface area contributed by atoms with E-state index < -0.39 is 60.4 Å². The molecule has 0 bridgehead atoms. The maximum Gasteiger partial charge on any atom is 0.274 e. The lowest BCUT2D eigenvalue weighted by atomic mass is 9.77. The standard InChI is InChI=1S/C22H26F2N6O5S2/c1-4-36(32,33)30-10-9-22(13-30)21(2,28-20(25)29(3)37(22,34)35)16-11-15(6-7-17(16)24)27-19(31)18-8-5-14(23)12-26-18/h5-8,11-12H,4,9-10,13H2,1-3H3,(H2,25,28)(H,27,31)/t21-,22+/m1/s1. The third-order valence-corrected chi connectivity index (χ3v) is 11.6. The minimum atomic E-state index is -4.37. The predicted octanol–water partition coefficient (Wildman–Crippen LogP) is 1.42. The van der Waals surface area contributed by atoms with Crippen LogP contribution in [0.15, 0.2) is 36.5 Å². The first kappa shape index (κ1) is 26.9. The highest BCUT2D eigenvalue weighted by Crippen LogP contribution is 2.50. The van der Waals surface area contributed by atoms with E-state index in [1.54, 1.807) is 0 Å². The topological polar surface area (TPSA) is 153 Å². The van der Waals surface area contributed by atoms with Crippen LogP contribution in [0.1, 0.15) is 36.3 Å². The van der Waals surface area contributed by atoms with Gasteiger partial charge < -0.3 is 10.6 Å². The van der Waals surface area contributed by atoms with Gasteiger partial charge >= 0.3 is 0 Å². The van der Waals surface area contributed by atoms with E-state index in [1.165, 1.54) is 39.1 Å². The minimum Gasteiger partial charge on any atom is -0.345 e. The second kappa shape index (κ2) is 8.99. The summed E-state index contributed by atoms with van der Waals surface area (Å²) in [5.74, 6) is -2.93. The number of halogens is 2. The van der Waals surface area contributed by atoms with E-state index in [9.17, 15) is 26.0 Å². The molecule has 2 saturated heterocycles. The molecule has 0 radical (unpaired) electrons. The molecule has 2 aliphatic rings. The van der Waals surface area contributed by atoms with E-state index in [-0.39, 0.29) is 35.7 Å². The third-order valence-electron chi connectivity index (χ3n) is 7.13. The average molecular weight is 557 g/mol. The molecule has 3 heterocycles. The number of sulfonamides is 2. The number of amides is 1.